The summed E-state index contributed by atoms with van der Waals surface area (Å²) in [5, 5.41) is 3.31. The van der Waals surface area contributed by atoms with Crippen LogP contribution in [0.3, 0.4) is 0 Å². The first-order valence-corrected chi connectivity index (χ1v) is 6.05. The highest BCUT2D eigenvalue weighted by Gasteiger charge is 2.22. The van der Waals surface area contributed by atoms with Gasteiger partial charge in [-0.25, -0.2) is 4.39 Å². The largest absolute Gasteiger partial charge is 0.469 e. The summed E-state index contributed by atoms with van der Waals surface area (Å²) in [6.45, 7) is 5.73. The van der Waals surface area contributed by atoms with Crippen LogP contribution in [-0.2, 0) is 9.53 Å². The standard InChI is InChI=1S/C14H20FNO2/c1-9(14(17)18-4)10(2)16-11(3)12-5-7-13(15)8-6-12/h5-11,16H,1-4H3/t9?,10?,11-/m1/s1. The number of benzene rings is 1. The summed E-state index contributed by atoms with van der Waals surface area (Å²) in [4.78, 5) is 11.4. The minimum absolute atomic E-state index is 0.0162. The number of hydrogen-bond acceptors (Lipinski definition) is 3. The van der Waals surface area contributed by atoms with Crippen LogP contribution in [0.5, 0.6) is 0 Å². The van der Waals surface area contributed by atoms with Gasteiger partial charge in [0, 0.05) is 12.1 Å². The van der Waals surface area contributed by atoms with Gasteiger partial charge < -0.3 is 10.1 Å². The highest BCUT2D eigenvalue weighted by molar-refractivity contribution is 5.72. The molecular formula is C14H20FNO2. The van der Waals surface area contributed by atoms with E-state index in [1.165, 1.54) is 19.2 Å². The second-order valence-corrected chi connectivity index (χ2v) is 4.54. The van der Waals surface area contributed by atoms with Crippen molar-refractivity contribution in [2.24, 2.45) is 5.92 Å². The second-order valence-electron chi connectivity index (χ2n) is 4.54. The molecule has 0 bridgehead atoms. The van der Waals surface area contributed by atoms with E-state index in [1.54, 1.807) is 12.1 Å². The van der Waals surface area contributed by atoms with Crippen LogP contribution in [0.25, 0.3) is 0 Å². The molecule has 0 aliphatic carbocycles. The third-order valence-corrected chi connectivity index (χ3v) is 3.21. The lowest BCUT2D eigenvalue weighted by molar-refractivity contribution is -0.145. The Bertz CT molecular complexity index is 391. The Hall–Kier alpha value is -1.42. The number of rotatable bonds is 5. The van der Waals surface area contributed by atoms with Crippen molar-refractivity contribution in [3.05, 3.63) is 35.6 Å². The van der Waals surface area contributed by atoms with Gasteiger partial charge in [-0.05, 0) is 31.5 Å². The summed E-state index contributed by atoms with van der Waals surface area (Å²) in [6, 6.07) is 6.37. The molecule has 0 amide bonds. The summed E-state index contributed by atoms with van der Waals surface area (Å²) in [6.07, 6.45) is 0. The molecule has 1 aromatic rings. The molecule has 3 nitrogen and oxygen atoms in total. The molecular weight excluding hydrogens is 233 g/mol. The molecule has 0 aromatic heterocycles. The Morgan fingerprint density at radius 3 is 2.28 bits per heavy atom. The highest BCUT2D eigenvalue weighted by atomic mass is 19.1. The van der Waals surface area contributed by atoms with Crippen molar-refractivity contribution in [3.8, 4) is 0 Å². The van der Waals surface area contributed by atoms with E-state index in [1.807, 2.05) is 20.8 Å². The second kappa shape index (κ2) is 6.50. The molecule has 0 aliphatic heterocycles. The molecule has 100 valence electrons. The maximum absolute atomic E-state index is 12.8. The van der Waals surface area contributed by atoms with E-state index < -0.39 is 0 Å². The molecule has 0 saturated carbocycles. The number of halogens is 1. The molecule has 0 heterocycles. The Morgan fingerprint density at radius 2 is 1.78 bits per heavy atom. The van der Waals surface area contributed by atoms with Gasteiger partial charge in [0.2, 0.25) is 0 Å². The molecule has 4 heteroatoms. The van der Waals surface area contributed by atoms with Gasteiger partial charge in [-0.2, -0.15) is 0 Å². The zero-order valence-corrected chi connectivity index (χ0v) is 11.2. The average Bonchev–Trinajstić information content (AvgIpc) is 2.37. The third-order valence-electron chi connectivity index (χ3n) is 3.21. The highest BCUT2D eigenvalue weighted by Crippen LogP contribution is 2.16. The summed E-state index contributed by atoms with van der Waals surface area (Å²) in [7, 11) is 1.38. The first kappa shape index (κ1) is 14.6. The molecule has 0 spiro atoms. The van der Waals surface area contributed by atoms with Crippen molar-refractivity contribution in [1.29, 1.82) is 0 Å². The number of carbonyl (C=O) groups excluding carboxylic acids is 1. The maximum atomic E-state index is 12.8. The van der Waals surface area contributed by atoms with E-state index in [2.05, 4.69) is 5.32 Å². The lowest BCUT2D eigenvalue weighted by Gasteiger charge is -2.24. The van der Waals surface area contributed by atoms with Crippen molar-refractivity contribution in [2.75, 3.05) is 7.11 Å². The minimum Gasteiger partial charge on any atom is -0.469 e. The predicted octanol–water partition coefficient (Wildman–Crippen LogP) is 2.67. The fraction of sp³-hybridized carbons (Fsp3) is 0.500. The van der Waals surface area contributed by atoms with E-state index >= 15 is 0 Å². The van der Waals surface area contributed by atoms with Gasteiger partial charge in [0.05, 0.1) is 13.0 Å². The van der Waals surface area contributed by atoms with E-state index in [-0.39, 0.29) is 29.8 Å². The van der Waals surface area contributed by atoms with E-state index in [9.17, 15) is 9.18 Å². The van der Waals surface area contributed by atoms with Crippen molar-refractivity contribution < 1.29 is 13.9 Å². The first-order chi connectivity index (χ1) is 8.45. The monoisotopic (exact) mass is 253 g/mol. The molecule has 1 rings (SSSR count). The topological polar surface area (TPSA) is 38.3 Å². The van der Waals surface area contributed by atoms with Crippen LogP contribution in [0.15, 0.2) is 24.3 Å². The molecule has 0 saturated heterocycles. The first-order valence-electron chi connectivity index (χ1n) is 6.05. The molecule has 0 radical (unpaired) electrons. The Morgan fingerprint density at radius 1 is 1.22 bits per heavy atom. The summed E-state index contributed by atoms with van der Waals surface area (Å²) in [5.41, 5.74) is 0.986. The van der Waals surface area contributed by atoms with Gasteiger partial charge in [-0.15, -0.1) is 0 Å². The Balaban J connectivity index is 2.61. The third kappa shape index (κ3) is 3.81. The van der Waals surface area contributed by atoms with Crippen molar-refractivity contribution in [3.63, 3.8) is 0 Å². The van der Waals surface area contributed by atoms with E-state index in [0.717, 1.165) is 5.56 Å². The molecule has 0 fully saturated rings. The lowest BCUT2D eigenvalue weighted by Crippen LogP contribution is -2.38. The quantitative estimate of drug-likeness (QED) is 0.820. The fourth-order valence-corrected chi connectivity index (χ4v) is 1.78. The van der Waals surface area contributed by atoms with Gasteiger partial charge in [0.15, 0.2) is 0 Å². The normalized spacial score (nSPS) is 15.8. The number of ether oxygens (including phenoxy) is 1. The molecule has 2 unspecified atom stereocenters. The zero-order valence-electron chi connectivity index (χ0n) is 11.2. The number of methoxy groups -OCH3 is 1. The van der Waals surface area contributed by atoms with Gasteiger partial charge in [0.1, 0.15) is 5.82 Å². The molecule has 3 atom stereocenters. The summed E-state index contributed by atoms with van der Waals surface area (Å²) >= 11 is 0. The van der Waals surface area contributed by atoms with Crippen molar-refractivity contribution >= 4 is 5.97 Å². The van der Waals surface area contributed by atoms with Gasteiger partial charge in [-0.1, -0.05) is 19.1 Å². The smallest absolute Gasteiger partial charge is 0.309 e. The fourth-order valence-electron chi connectivity index (χ4n) is 1.78. The maximum Gasteiger partial charge on any atom is 0.309 e. The molecule has 18 heavy (non-hydrogen) atoms. The van der Waals surface area contributed by atoms with Crippen LogP contribution in [0.4, 0.5) is 4.39 Å². The number of esters is 1. The van der Waals surface area contributed by atoms with Crippen LogP contribution in [0, 0.1) is 11.7 Å². The zero-order chi connectivity index (χ0) is 13.7. The van der Waals surface area contributed by atoms with Crippen LogP contribution in [-0.4, -0.2) is 19.1 Å². The van der Waals surface area contributed by atoms with Crippen LogP contribution < -0.4 is 5.32 Å². The number of nitrogens with one attached hydrogen (secondary N) is 1. The SMILES string of the molecule is COC(=O)C(C)C(C)N[C@H](C)c1ccc(F)cc1. The van der Waals surface area contributed by atoms with E-state index in [4.69, 9.17) is 4.74 Å². The van der Waals surface area contributed by atoms with Gasteiger partial charge >= 0.3 is 5.97 Å². The molecule has 1 N–H and O–H groups in total. The number of hydrogen-bond donors (Lipinski definition) is 1. The van der Waals surface area contributed by atoms with Gasteiger partial charge in [-0.3, -0.25) is 4.79 Å². The minimum atomic E-state index is -0.248. The van der Waals surface area contributed by atoms with Gasteiger partial charge in [0.25, 0.3) is 0 Å². The average molecular weight is 253 g/mol. The Labute approximate surface area is 107 Å². The van der Waals surface area contributed by atoms with Crippen molar-refractivity contribution in [2.45, 2.75) is 32.9 Å². The van der Waals surface area contributed by atoms with E-state index in [0.29, 0.717) is 0 Å². The number of carbonyl (C=O) groups is 1. The summed E-state index contributed by atoms with van der Waals surface area (Å²) < 4.78 is 17.5. The predicted molar refractivity (Wildman–Crippen MR) is 68.6 cm³/mol. The van der Waals surface area contributed by atoms with Crippen molar-refractivity contribution in [1.82, 2.24) is 5.32 Å². The lowest BCUT2D eigenvalue weighted by atomic mass is 10.0. The summed E-state index contributed by atoms with van der Waals surface area (Å²) in [5.74, 6) is -0.707. The molecule has 0 aliphatic rings. The van der Waals surface area contributed by atoms with Crippen LogP contribution in [0.1, 0.15) is 32.4 Å². The van der Waals surface area contributed by atoms with Crippen LogP contribution in [0.2, 0.25) is 0 Å². The van der Waals surface area contributed by atoms with Crippen LogP contribution >= 0.6 is 0 Å². The molecule has 1 aromatic carbocycles. The Kier molecular flexibility index (Phi) is 5.28.